The third-order valence-electron chi connectivity index (χ3n) is 5.02. The Morgan fingerprint density at radius 3 is 2.09 bits per heavy atom. The SMILES string of the molecule is [B]C1(C)OC(c2ccccc2)(c2ccccc2)N2CCCC21. The molecular weight excluding hydrogens is 269 g/mol. The van der Waals surface area contributed by atoms with Crippen LogP contribution in [-0.2, 0) is 10.5 Å². The highest BCUT2D eigenvalue weighted by molar-refractivity contribution is 6.15. The summed E-state index contributed by atoms with van der Waals surface area (Å²) in [5, 5.41) is 0. The number of benzene rings is 2. The van der Waals surface area contributed by atoms with Crippen LogP contribution >= 0.6 is 0 Å². The fourth-order valence-electron chi connectivity index (χ4n) is 4.13. The van der Waals surface area contributed by atoms with Crippen molar-refractivity contribution in [2.45, 2.75) is 37.0 Å². The van der Waals surface area contributed by atoms with Gasteiger partial charge in [-0.1, -0.05) is 60.7 Å². The number of hydrogen-bond acceptors (Lipinski definition) is 2. The van der Waals surface area contributed by atoms with Crippen molar-refractivity contribution in [3.8, 4) is 0 Å². The molecule has 0 aliphatic carbocycles. The molecule has 0 spiro atoms. The summed E-state index contributed by atoms with van der Waals surface area (Å²) >= 11 is 0. The Morgan fingerprint density at radius 2 is 1.55 bits per heavy atom. The first-order valence-electron chi connectivity index (χ1n) is 8.01. The molecule has 22 heavy (non-hydrogen) atoms. The zero-order valence-corrected chi connectivity index (χ0v) is 12.9. The van der Waals surface area contributed by atoms with E-state index >= 15 is 0 Å². The quantitative estimate of drug-likeness (QED) is 0.787. The van der Waals surface area contributed by atoms with Gasteiger partial charge >= 0.3 is 0 Å². The van der Waals surface area contributed by atoms with Crippen molar-refractivity contribution in [3.63, 3.8) is 0 Å². The summed E-state index contributed by atoms with van der Waals surface area (Å²) in [5.41, 5.74) is 1.10. The van der Waals surface area contributed by atoms with E-state index in [1.807, 2.05) is 19.1 Å². The van der Waals surface area contributed by atoms with Crippen LogP contribution in [0.2, 0.25) is 0 Å². The summed E-state index contributed by atoms with van der Waals surface area (Å²) in [7, 11) is 6.55. The van der Waals surface area contributed by atoms with Gasteiger partial charge < -0.3 is 4.74 Å². The fourth-order valence-corrected chi connectivity index (χ4v) is 4.13. The Kier molecular flexibility index (Phi) is 3.17. The van der Waals surface area contributed by atoms with Crippen LogP contribution in [0, 0.1) is 0 Å². The smallest absolute Gasteiger partial charge is 0.174 e. The monoisotopic (exact) mass is 289 g/mol. The molecule has 2 saturated heterocycles. The molecule has 0 saturated carbocycles. The van der Waals surface area contributed by atoms with Gasteiger partial charge in [0.1, 0.15) is 7.85 Å². The predicted molar refractivity (Wildman–Crippen MR) is 88.6 cm³/mol. The molecule has 2 unspecified atom stereocenters. The Labute approximate surface area is 133 Å². The number of fused-ring (bicyclic) bond motifs is 1. The third kappa shape index (κ3) is 1.89. The second-order valence-corrected chi connectivity index (χ2v) is 6.51. The van der Waals surface area contributed by atoms with E-state index in [0.717, 1.165) is 24.1 Å². The van der Waals surface area contributed by atoms with Crippen LogP contribution in [0.5, 0.6) is 0 Å². The van der Waals surface area contributed by atoms with E-state index in [9.17, 15) is 0 Å². The van der Waals surface area contributed by atoms with Crippen molar-refractivity contribution in [3.05, 3.63) is 71.8 Å². The number of nitrogens with zero attached hydrogens (tertiary/aromatic N) is 1. The van der Waals surface area contributed by atoms with Crippen LogP contribution in [0.1, 0.15) is 30.9 Å². The van der Waals surface area contributed by atoms with Gasteiger partial charge in [-0.2, -0.15) is 0 Å². The molecule has 0 bridgehead atoms. The molecule has 3 heteroatoms. The van der Waals surface area contributed by atoms with Crippen LogP contribution in [-0.4, -0.2) is 30.8 Å². The second kappa shape index (κ2) is 4.97. The lowest BCUT2D eigenvalue weighted by Gasteiger charge is -2.38. The largest absolute Gasteiger partial charge is 0.354 e. The van der Waals surface area contributed by atoms with Crippen molar-refractivity contribution in [1.82, 2.24) is 4.90 Å². The first-order valence-corrected chi connectivity index (χ1v) is 8.01. The predicted octanol–water partition coefficient (Wildman–Crippen LogP) is 3.27. The number of rotatable bonds is 2. The summed E-state index contributed by atoms with van der Waals surface area (Å²) in [6.07, 6.45) is 2.26. The van der Waals surface area contributed by atoms with Crippen molar-refractivity contribution in [2.24, 2.45) is 0 Å². The normalized spacial score (nSPS) is 30.3. The van der Waals surface area contributed by atoms with Crippen LogP contribution in [0.25, 0.3) is 0 Å². The number of ether oxygens (including phenoxy) is 1. The molecule has 2 aliphatic heterocycles. The summed E-state index contributed by atoms with van der Waals surface area (Å²) < 4.78 is 6.58. The summed E-state index contributed by atoms with van der Waals surface area (Å²) in [6.45, 7) is 3.03. The molecule has 4 rings (SSSR count). The maximum atomic E-state index is 6.58. The van der Waals surface area contributed by atoms with Crippen molar-refractivity contribution >= 4 is 7.85 Å². The minimum absolute atomic E-state index is 0.257. The van der Waals surface area contributed by atoms with Gasteiger partial charge in [-0.3, -0.25) is 4.90 Å². The molecule has 2 aromatic carbocycles. The molecule has 2 nitrogen and oxygen atoms in total. The van der Waals surface area contributed by atoms with E-state index in [0.29, 0.717) is 0 Å². The van der Waals surface area contributed by atoms with Gasteiger partial charge in [-0.05, 0) is 19.8 Å². The molecule has 2 aliphatic rings. The molecule has 2 aromatic rings. The van der Waals surface area contributed by atoms with E-state index in [4.69, 9.17) is 12.6 Å². The minimum atomic E-state index is -0.637. The highest BCUT2D eigenvalue weighted by atomic mass is 16.6. The Bertz CT molecular complexity index is 616. The van der Waals surface area contributed by atoms with Crippen molar-refractivity contribution < 1.29 is 4.74 Å². The fraction of sp³-hybridized carbons (Fsp3) is 0.368. The van der Waals surface area contributed by atoms with E-state index in [1.54, 1.807) is 0 Å². The van der Waals surface area contributed by atoms with Gasteiger partial charge in [0.25, 0.3) is 0 Å². The summed E-state index contributed by atoms with van der Waals surface area (Å²) in [4.78, 5) is 2.46. The van der Waals surface area contributed by atoms with Gasteiger partial charge in [0.05, 0.1) is 0 Å². The molecule has 2 radical (unpaired) electrons. The average Bonchev–Trinajstić information content (AvgIpc) is 3.12. The lowest BCUT2D eigenvalue weighted by atomic mass is 9.77. The topological polar surface area (TPSA) is 12.5 Å². The van der Waals surface area contributed by atoms with Gasteiger partial charge in [0.15, 0.2) is 5.72 Å². The maximum absolute atomic E-state index is 6.58. The van der Waals surface area contributed by atoms with Crippen LogP contribution in [0.4, 0.5) is 0 Å². The molecule has 2 fully saturated rings. The van der Waals surface area contributed by atoms with Crippen molar-refractivity contribution in [1.29, 1.82) is 0 Å². The average molecular weight is 289 g/mol. The standard InChI is InChI=1S/C19H20BNO/c1-18(20)17-13-8-14-21(17)19(22-18,15-9-4-2-5-10-15)16-11-6-3-7-12-16/h2-7,9-12,17H,8,13-14H2,1H3. The summed E-state index contributed by atoms with van der Waals surface area (Å²) in [6, 6.07) is 21.2. The van der Waals surface area contributed by atoms with Gasteiger partial charge in [0.2, 0.25) is 0 Å². The van der Waals surface area contributed by atoms with E-state index in [1.165, 1.54) is 6.42 Å². The van der Waals surface area contributed by atoms with E-state index < -0.39 is 11.2 Å². The maximum Gasteiger partial charge on any atom is 0.174 e. The van der Waals surface area contributed by atoms with Crippen LogP contribution in [0.3, 0.4) is 0 Å². The zero-order valence-electron chi connectivity index (χ0n) is 12.9. The molecule has 2 atom stereocenters. The Balaban J connectivity index is 1.95. The molecule has 0 aromatic heterocycles. The highest BCUT2D eigenvalue weighted by Crippen LogP contribution is 2.51. The first-order chi connectivity index (χ1) is 10.6. The lowest BCUT2D eigenvalue weighted by Crippen LogP contribution is -2.44. The Morgan fingerprint density at radius 1 is 1.00 bits per heavy atom. The van der Waals surface area contributed by atoms with E-state index in [-0.39, 0.29) is 6.04 Å². The molecule has 2 heterocycles. The van der Waals surface area contributed by atoms with Gasteiger partial charge in [-0.15, -0.1) is 0 Å². The van der Waals surface area contributed by atoms with Gasteiger partial charge in [-0.25, -0.2) is 0 Å². The molecule has 0 N–H and O–H groups in total. The van der Waals surface area contributed by atoms with Crippen LogP contribution < -0.4 is 0 Å². The van der Waals surface area contributed by atoms with Gasteiger partial charge in [0, 0.05) is 29.2 Å². The summed E-state index contributed by atoms with van der Waals surface area (Å²) in [5.74, 6) is 0. The molecule has 110 valence electrons. The van der Waals surface area contributed by atoms with Crippen LogP contribution in [0.15, 0.2) is 60.7 Å². The minimum Gasteiger partial charge on any atom is -0.354 e. The highest BCUT2D eigenvalue weighted by Gasteiger charge is 2.59. The molecule has 0 amide bonds. The Hall–Kier alpha value is -1.58. The molecular formula is C19H20BNO. The zero-order chi connectivity index (χ0) is 15.2. The first kappa shape index (κ1) is 14.0. The number of hydrogen-bond donors (Lipinski definition) is 0. The second-order valence-electron chi connectivity index (χ2n) is 6.51. The third-order valence-corrected chi connectivity index (χ3v) is 5.02. The van der Waals surface area contributed by atoms with Crippen molar-refractivity contribution in [2.75, 3.05) is 6.54 Å². The van der Waals surface area contributed by atoms with E-state index in [2.05, 4.69) is 53.4 Å². The lowest BCUT2D eigenvalue weighted by molar-refractivity contribution is -0.0857.